The van der Waals surface area contributed by atoms with Crippen LogP contribution in [-0.2, 0) is 7.05 Å². The summed E-state index contributed by atoms with van der Waals surface area (Å²) >= 11 is 0. The van der Waals surface area contributed by atoms with Gasteiger partial charge in [0.15, 0.2) is 0 Å². The second-order valence-corrected chi connectivity index (χ2v) is 6.63. The summed E-state index contributed by atoms with van der Waals surface area (Å²) in [4.78, 5) is 4.30. The number of hydrogen-bond donors (Lipinski definition) is 1. The first-order chi connectivity index (χ1) is 11.9. The van der Waals surface area contributed by atoms with E-state index in [1.54, 1.807) is 15.4 Å². The third-order valence-corrected chi connectivity index (χ3v) is 4.01. The quantitative estimate of drug-likeness (QED) is 0.617. The van der Waals surface area contributed by atoms with Crippen LogP contribution in [0.5, 0.6) is 0 Å². The Labute approximate surface area is 145 Å². The lowest BCUT2D eigenvalue weighted by molar-refractivity contribution is 0.234. The summed E-state index contributed by atoms with van der Waals surface area (Å²) in [6.07, 6.45) is 3.60. The van der Waals surface area contributed by atoms with Crippen molar-refractivity contribution in [2.24, 2.45) is 7.05 Å². The van der Waals surface area contributed by atoms with Gasteiger partial charge in [-0.25, -0.2) is 18.6 Å². The summed E-state index contributed by atoms with van der Waals surface area (Å²) in [6, 6.07) is 7.98. The first-order valence-corrected chi connectivity index (χ1v) is 7.98. The molecular weight excluding hydrogens is 321 g/mol. The third-order valence-electron chi connectivity index (χ3n) is 4.01. The van der Waals surface area contributed by atoms with Gasteiger partial charge in [-0.3, -0.25) is 0 Å². The van der Waals surface area contributed by atoms with Crippen molar-refractivity contribution in [3.8, 4) is 11.1 Å². The second-order valence-electron chi connectivity index (χ2n) is 6.63. The molecule has 0 unspecified atom stereocenters. The molecule has 0 saturated heterocycles. The number of halogens is 1. The lowest BCUT2D eigenvalue weighted by Gasteiger charge is -2.14. The predicted octanol–water partition coefficient (Wildman–Crippen LogP) is 3.08. The van der Waals surface area contributed by atoms with E-state index in [1.165, 1.54) is 13.8 Å². The van der Waals surface area contributed by atoms with Crippen LogP contribution in [0.3, 0.4) is 0 Å². The van der Waals surface area contributed by atoms with Crippen LogP contribution in [0.25, 0.3) is 27.7 Å². The monoisotopic (exact) mass is 341 g/mol. The van der Waals surface area contributed by atoms with Crippen LogP contribution in [0.2, 0.25) is 0 Å². The highest BCUT2D eigenvalue weighted by atomic mass is 19.1. The molecule has 3 heterocycles. The van der Waals surface area contributed by atoms with E-state index in [0.29, 0.717) is 5.95 Å². The van der Waals surface area contributed by atoms with Crippen molar-refractivity contribution in [2.75, 3.05) is 11.9 Å². The number of aromatic nitrogens is 6. The Kier molecular flexibility index (Phi) is 3.41. The number of anilines is 1. The lowest BCUT2D eigenvalue weighted by atomic mass is 10.1. The van der Waals surface area contributed by atoms with Gasteiger partial charge in [-0.15, -0.1) is 10.2 Å². The van der Waals surface area contributed by atoms with Crippen molar-refractivity contribution in [2.45, 2.75) is 19.5 Å². The first kappa shape index (κ1) is 15.5. The minimum atomic E-state index is -1.33. The minimum Gasteiger partial charge on any atom is -0.350 e. The summed E-state index contributed by atoms with van der Waals surface area (Å²) in [6.45, 7) is 3.17. The normalized spacial score (nSPS) is 12.2. The summed E-state index contributed by atoms with van der Waals surface area (Å²) in [7, 11) is 1.87. The van der Waals surface area contributed by atoms with Gasteiger partial charge in [-0.2, -0.15) is 0 Å². The van der Waals surface area contributed by atoms with Crippen molar-refractivity contribution in [1.82, 2.24) is 29.6 Å². The Bertz CT molecular complexity index is 1060. The van der Waals surface area contributed by atoms with Crippen molar-refractivity contribution < 1.29 is 5.82 Å². The third kappa shape index (κ3) is 2.90. The van der Waals surface area contributed by atoms with Crippen LogP contribution >= 0.6 is 0 Å². The number of aryl methyl sites for hydroxylation is 1. The van der Waals surface area contributed by atoms with Gasteiger partial charge in [0, 0.05) is 20.2 Å². The van der Waals surface area contributed by atoms with Crippen molar-refractivity contribution in [3.63, 3.8) is 0 Å². The zero-order valence-electron chi connectivity index (χ0n) is 14.2. The summed E-state index contributed by atoms with van der Waals surface area (Å²) < 4.78 is 17.1. The maximum atomic E-state index is 13.6. The molecule has 1 N–H and O–H groups in total. The maximum absolute atomic E-state index is 13.6. The zero-order valence-corrected chi connectivity index (χ0v) is 14.2. The molecule has 0 atom stereocenters. The van der Waals surface area contributed by atoms with E-state index in [9.17, 15) is 4.39 Å². The molecule has 3 aromatic heterocycles. The van der Waals surface area contributed by atoms with Crippen LogP contribution < -0.4 is 5.32 Å². The molecule has 0 aliphatic carbocycles. The molecule has 0 amide bonds. The molecule has 0 aliphatic rings. The molecule has 25 heavy (non-hydrogen) atoms. The van der Waals surface area contributed by atoms with E-state index in [-0.39, 0.29) is 7.97 Å². The fraction of sp³-hybridized carbons (Fsp3) is 0.294. The van der Waals surface area contributed by atoms with Crippen molar-refractivity contribution >= 4 is 22.5 Å². The van der Waals surface area contributed by atoms with E-state index < -0.39 is 5.67 Å². The standard InChI is InChI=1S/C17H18FN7.H2/c1-17(2,18)10-20-16-19-9-15-12(6-7-25(15)22-16)11-4-5-13-14(8-11)24(3)23-21-13;/h4-9H,10H2,1-3H3,(H,20,22);1H. The Morgan fingerprint density at radius 3 is 2.88 bits per heavy atom. The van der Waals surface area contributed by atoms with Crippen LogP contribution in [0.15, 0.2) is 36.7 Å². The fourth-order valence-corrected chi connectivity index (χ4v) is 2.71. The molecule has 7 nitrogen and oxygen atoms in total. The molecule has 0 spiro atoms. The zero-order chi connectivity index (χ0) is 17.6. The van der Waals surface area contributed by atoms with Crippen molar-refractivity contribution in [1.29, 1.82) is 0 Å². The largest absolute Gasteiger partial charge is 0.350 e. The highest BCUT2D eigenvalue weighted by molar-refractivity contribution is 5.87. The van der Waals surface area contributed by atoms with Crippen LogP contribution in [0.1, 0.15) is 15.3 Å². The first-order valence-electron chi connectivity index (χ1n) is 7.98. The van der Waals surface area contributed by atoms with Gasteiger partial charge >= 0.3 is 0 Å². The lowest BCUT2D eigenvalue weighted by Crippen LogP contribution is -2.25. The molecule has 130 valence electrons. The number of alkyl halides is 1. The Morgan fingerprint density at radius 2 is 2.08 bits per heavy atom. The fourth-order valence-electron chi connectivity index (χ4n) is 2.71. The van der Waals surface area contributed by atoms with Crippen LogP contribution in [0.4, 0.5) is 10.3 Å². The Morgan fingerprint density at radius 1 is 1.24 bits per heavy atom. The summed E-state index contributed by atoms with van der Waals surface area (Å²) in [5, 5.41) is 15.4. The van der Waals surface area contributed by atoms with E-state index in [0.717, 1.165) is 27.7 Å². The highest BCUT2D eigenvalue weighted by Crippen LogP contribution is 2.27. The number of nitrogens with one attached hydrogen (secondary N) is 1. The van der Waals surface area contributed by atoms with Gasteiger partial charge in [-0.1, -0.05) is 11.3 Å². The molecule has 1 aromatic carbocycles. The topological polar surface area (TPSA) is 72.9 Å². The Balaban J connectivity index is 0.00000196. The Hall–Kier alpha value is -3.03. The smallest absolute Gasteiger partial charge is 0.241 e. The number of nitrogens with zero attached hydrogens (tertiary/aromatic N) is 6. The number of fused-ring (bicyclic) bond motifs is 2. The van der Waals surface area contributed by atoms with E-state index >= 15 is 0 Å². The number of hydrogen-bond acceptors (Lipinski definition) is 5. The van der Waals surface area contributed by atoms with Gasteiger partial charge in [-0.05, 0) is 37.6 Å². The molecule has 0 bridgehead atoms. The predicted molar refractivity (Wildman–Crippen MR) is 96.3 cm³/mol. The molecule has 0 fully saturated rings. The second kappa shape index (κ2) is 5.51. The molecule has 4 rings (SSSR count). The molecule has 0 radical (unpaired) electrons. The minimum absolute atomic E-state index is 0. The van der Waals surface area contributed by atoms with Gasteiger partial charge in [0.1, 0.15) is 11.2 Å². The number of rotatable bonds is 4. The molecule has 0 aliphatic heterocycles. The van der Waals surface area contributed by atoms with E-state index in [2.05, 4.69) is 25.7 Å². The average molecular weight is 341 g/mol. The molecule has 4 aromatic rings. The molecular formula is C17H20FN7. The van der Waals surface area contributed by atoms with Gasteiger partial charge in [0.25, 0.3) is 0 Å². The van der Waals surface area contributed by atoms with Crippen LogP contribution in [-0.4, -0.2) is 41.8 Å². The summed E-state index contributed by atoms with van der Waals surface area (Å²) in [5.74, 6) is 0.395. The van der Waals surface area contributed by atoms with Gasteiger partial charge < -0.3 is 5.32 Å². The molecule has 8 heteroatoms. The maximum Gasteiger partial charge on any atom is 0.241 e. The van der Waals surface area contributed by atoms with Gasteiger partial charge in [0.05, 0.1) is 23.8 Å². The summed E-state index contributed by atoms with van der Waals surface area (Å²) in [5.41, 5.74) is 3.41. The van der Waals surface area contributed by atoms with E-state index in [4.69, 9.17) is 0 Å². The van der Waals surface area contributed by atoms with E-state index in [1.807, 2.05) is 37.5 Å². The average Bonchev–Trinajstić information content (AvgIpc) is 3.15. The van der Waals surface area contributed by atoms with Crippen molar-refractivity contribution in [3.05, 3.63) is 36.7 Å². The molecule has 0 saturated carbocycles. The highest BCUT2D eigenvalue weighted by Gasteiger charge is 2.16. The van der Waals surface area contributed by atoms with Crippen LogP contribution in [0, 0.1) is 0 Å². The van der Waals surface area contributed by atoms with Gasteiger partial charge in [0.2, 0.25) is 5.95 Å². The number of benzene rings is 1. The SMILES string of the molecule is Cn1nnc2ccc(-c3ccn4nc(NCC(C)(C)F)ncc34)cc21.[HH].